The van der Waals surface area contributed by atoms with E-state index in [4.69, 9.17) is 18.9 Å². The van der Waals surface area contributed by atoms with Gasteiger partial charge in [-0.1, -0.05) is 36.4 Å². The van der Waals surface area contributed by atoms with Gasteiger partial charge in [0.15, 0.2) is 0 Å². The minimum absolute atomic E-state index is 0.194. The van der Waals surface area contributed by atoms with Gasteiger partial charge in [0.25, 0.3) is 0 Å². The number of rotatable bonds is 7. The molecule has 0 aromatic heterocycles. The third kappa shape index (κ3) is 4.10. The van der Waals surface area contributed by atoms with Crippen molar-refractivity contribution >= 4 is 6.09 Å². The van der Waals surface area contributed by atoms with Crippen molar-refractivity contribution in [3.8, 4) is 0 Å². The van der Waals surface area contributed by atoms with Crippen molar-refractivity contribution in [2.24, 2.45) is 0 Å². The Morgan fingerprint density at radius 1 is 1.39 bits per heavy atom. The molecule has 0 saturated carbocycles. The van der Waals surface area contributed by atoms with Crippen LogP contribution in [0.25, 0.3) is 0 Å². The van der Waals surface area contributed by atoms with E-state index in [0.29, 0.717) is 6.42 Å². The molecule has 2 unspecified atom stereocenters. The van der Waals surface area contributed by atoms with Gasteiger partial charge in [-0.25, -0.2) is 4.79 Å². The average molecular weight is 321 g/mol. The van der Waals surface area contributed by atoms with Crippen molar-refractivity contribution in [3.05, 3.63) is 48.6 Å². The topological polar surface area (TPSA) is 66.0 Å². The van der Waals surface area contributed by atoms with E-state index in [1.54, 1.807) is 6.08 Å². The van der Waals surface area contributed by atoms with Gasteiger partial charge in [0.2, 0.25) is 5.79 Å². The van der Waals surface area contributed by atoms with Gasteiger partial charge in [-0.3, -0.25) is 0 Å². The van der Waals surface area contributed by atoms with Gasteiger partial charge in [0, 0.05) is 14.2 Å². The molecule has 126 valence electrons. The van der Waals surface area contributed by atoms with Gasteiger partial charge in [0.1, 0.15) is 19.3 Å². The first-order valence-electron chi connectivity index (χ1n) is 7.45. The van der Waals surface area contributed by atoms with E-state index >= 15 is 0 Å². The summed E-state index contributed by atoms with van der Waals surface area (Å²) in [6, 6.07) is 8.98. The number of ether oxygens (including phenoxy) is 4. The van der Waals surface area contributed by atoms with Gasteiger partial charge in [-0.15, -0.1) is 6.58 Å². The number of hydrogen-bond acceptors (Lipinski definition) is 5. The molecule has 1 fully saturated rings. The van der Waals surface area contributed by atoms with Crippen molar-refractivity contribution in [2.45, 2.75) is 31.0 Å². The monoisotopic (exact) mass is 321 g/mol. The Morgan fingerprint density at radius 2 is 2.09 bits per heavy atom. The van der Waals surface area contributed by atoms with Gasteiger partial charge in [-0.2, -0.15) is 0 Å². The van der Waals surface area contributed by atoms with E-state index in [0.717, 1.165) is 5.56 Å². The molecule has 1 N–H and O–H groups in total. The number of alkyl carbamates (subject to hydrolysis) is 1. The number of amides is 1. The number of nitrogens with one attached hydrogen (secondary N) is 1. The molecule has 23 heavy (non-hydrogen) atoms. The van der Waals surface area contributed by atoms with Gasteiger partial charge < -0.3 is 24.3 Å². The largest absolute Gasteiger partial charge is 0.445 e. The summed E-state index contributed by atoms with van der Waals surface area (Å²) in [5, 5.41) is 2.79. The van der Waals surface area contributed by atoms with Gasteiger partial charge >= 0.3 is 6.09 Å². The van der Waals surface area contributed by atoms with E-state index in [9.17, 15) is 4.79 Å². The predicted octanol–water partition coefficient (Wildman–Crippen LogP) is 2.25. The van der Waals surface area contributed by atoms with E-state index < -0.39 is 17.9 Å². The molecule has 1 aliphatic rings. The highest BCUT2D eigenvalue weighted by Crippen LogP contribution is 2.30. The highest BCUT2D eigenvalue weighted by atomic mass is 16.7. The summed E-state index contributed by atoms with van der Waals surface area (Å²) in [6.07, 6.45) is 1.47. The van der Waals surface area contributed by atoms with Crippen LogP contribution >= 0.6 is 0 Å². The third-order valence-corrected chi connectivity index (χ3v) is 3.92. The van der Waals surface area contributed by atoms with E-state index in [1.807, 2.05) is 30.3 Å². The van der Waals surface area contributed by atoms with Crippen LogP contribution in [0.3, 0.4) is 0 Å². The first kappa shape index (κ1) is 17.5. The summed E-state index contributed by atoms with van der Waals surface area (Å²) in [5.41, 5.74) is 0.915. The molecule has 1 aromatic carbocycles. The lowest BCUT2D eigenvalue weighted by atomic mass is 10.0. The molecular weight excluding hydrogens is 298 g/mol. The van der Waals surface area contributed by atoms with Gasteiger partial charge in [0.05, 0.1) is 6.10 Å². The summed E-state index contributed by atoms with van der Waals surface area (Å²) in [7, 11) is 3.04. The summed E-state index contributed by atoms with van der Waals surface area (Å²) in [5.74, 6) is -1.03. The fourth-order valence-electron chi connectivity index (χ4n) is 2.61. The lowest BCUT2D eigenvalue weighted by Gasteiger charge is -2.32. The number of carbonyl (C=O) groups excluding carboxylic acids is 1. The second kappa shape index (κ2) is 8.10. The van der Waals surface area contributed by atoms with Crippen LogP contribution in [0.4, 0.5) is 4.79 Å². The lowest BCUT2D eigenvalue weighted by Crippen LogP contribution is -2.56. The van der Waals surface area contributed by atoms with Crippen molar-refractivity contribution < 1.29 is 23.7 Å². The maximum absolute atomic E-state index is 12.1. The van der Waals surface area contributed by atoms with Crippen LogP contribution in [0.2, 0.25) is 0 Å². The fraction of sp³-hybridized carbons (Fsp3) is 0.471. The molecule has 1 aromatic rings. The summed E-state index contributed by atoms with van der Waals surface area (Å²) in [6.45, 7) is 4.13. The minimum Gasteiger partial charge on any atom is -0.445 e. The molecule has 1 aliphatic heterocycles. The molecule has 1 amide bonds. The molecule has 6 nitrogen and oxygen atoms in total. The minimum atomic E-state index is -1.03. The Morgan fingerprint density at radius 3 is 2.70 bits per heavy atom. The first-order valence-corrected chi connectivity index (χ1v) is 7.45. The second-order valence-electron chi connectivity index (χ2n) is 5.28. The molecule has 0 bridgehead atoms. The van der Waals surface area contributed by atoms with Crippen LogP contribution in [0.15, 0.2) is 43.0 Å². The van der Waals surface area contributed by atoms with Crippen LogP contribution in [-0.4, -0.2) is 44.9 Å². The molecule has 0 radical (unpaired) electrons. The van der Waals surface area contributed by atoms with Crippen LogP contribution in [0, 0.1) is 0 Å². The number of benzene rings is 1. The fourth-order valence-corrected chi connectivity index (χ4v) is 2.61. The second-order valence-corrected chi connectivity index (χ2v) is 5.28. The SMILES string of the molecule is C=CCC1OCC(OC)(OC)C1NC(=O)OCc1ccccc1. The highest BCUT2D eigenvalue weighted by Gasteiger charge is 2.51. The Bertz CT molecular complexity index is 515. The zero-order valence-corrected chi connectivity index (χ0v) is 13.5. The Labute approximate surface area is 136 Å². The molecule has 2 atom stereocenters. The van der Waals surface area contributed by atoms with Crippen molar-refractivity contribution in [1.29, 1.82) is 0 Å². The maximum Gasteiger partial charge on any atom is 0.407 e. The summed E-state index contributed by atoms with van der Waals surface area (Å²) >= 11 is 0. The predicted molar refractivity (Wildman–Crippen MR) is 84.9 cm³/mol. The van der Waals surface area contributed by atoms with Crippen LogP contribution < -0.4 is 5.32 Å². The van der Waals surface area contributed by atoms with E-state index in [-0.39, 0.29) is 19.3 Å². The first-order chi connectivity index (χ1) is 11.1. The van der Waals surface area contributed by atoms with Crippen molar-refractivity contribution in [3.63, 3.8) is 0 Å². The molecule has 0 spiro atoms. The highest BCUT2D eigenvalue weighted by molar-refractivity contribution is 5.68. The molecule has 1 heterocycles. The maximum atomic E-state index is 12.1. The van der Waals surface area contributed by atoms with Crippen LogP contribution in [0.5, 0.6) is 0 Å². The van der Waals surface area contributed by atoms with Crippen LogP contribution in [-0.2, 0) is 25.6 Å². The standard InChI is InChI=1S/C17H23NO5/c1-4-8-14-15(17(20-2,21-3)12-23-14)18-16(19)22-11-13-9-6-5-7-10-13/h4-7,9-10,14-15H,1,8,11-12H2,2-3H3,(H,18,19). The summed E-state index contributed by atoms with van der Waals surface area (Å²) < 4.78 is 21.8. The lowest BCUT2D eigenvalue weighted by molar-refractivity contribution is -0.212. The van der Waals surface area contributed by atoms with Crippen molar-refractivity contribution in [2.75, 3.05) is 20.8 Å². The average Bonchev–Trinajstić information content (AvgIpc) is 2.92. The van der Waals surface area contributed by atoms with Crippen LogP contribution in [0.1, 0.15) is 12.0 Å². The Hall–Kier alpha value is -1.89. The summed E-state index contributed by atoms with van der Waals surface area (Å²) in [4.78, 5) is 12.1. The van der Waals surface area contributed by atoms with E-state index in [2.05, 4.69) is 11.9 Å². The quantitative estimate of drug-likeness (QED) is 0.616. The van der Waals surface area contributed by atoms with Crippen molar-refractivity contribution in [1.82, 2.24) is 5.32 Å². The molecule has 1 saturated heterocycles. The Balaban J connectivity index is 1.98. The molecular formula is C17H23NO5. The number of hydrogen-bond donors (Lipinski definition) is 1. The smallest absolute Gasteiger partial charge is 0.407 e. The normalized spacial score (nSPS) is 22.5. The Kier molecular flexibility index (Phi) is 6.15. The van der Waals surface area contributed by atoms with E-state index in [1.165, 1.54) is 14.2 Å². The zero-order chi connectivity index (χ0) is 16.7. The van der Waals surface area contributed by atoms with Gasteiger partial charge in [-0.05, 0) is 12.0 Å². The third-order valence-electron chi connectivity index (χ3n) is 3.92. The molecule has 6 heteroatoms. The number of carbonyl (C=O) groups is 1. The zero-order valence-electron chi connectivity index (χ0n) is 13.5. The number of methoxy groups -OCH3 is 2. The molecule has 2 rings (SSSR count). The molecule has 0 aliphatic carbocycles.